The number of H-pyrrole nitrogens is 1. The van der Waals surface area contributed by atoms with Gasteiger partial charge < -0.3 is 0 Å². The minimum Gasteiger partial charge on any atom is -0.300 e. The summed E-state index contributed by atoms with van der Waals surface area (Å²) in [6.07, 6.45) is 1.87. The van der Waals surface area contributed by atoms with Crippen molar-refractivity contribution in [2.45, 2.75) is 12.1 Å². The highest BCUT2D eigenvalue weighted by Gasteiger charge is 2.09. The van der Waals surface area contributed by atoms with Crippen molar-refractivity contribution in [2.24, 2.45) is 0 Å². The van der Waals surface area contributed by atoms with Gasteiger partial charge in [0.25, 0.3) is 5.56 Å². The first kappa shape index (κ1) is 11.2. The molecule has 0 aliphatic rings. The number of aryl methyl sites for hydroxylation is 1. The van der Waals surface area contributed by atoms with Crippen molar-refractivity contribution in [2.75, 3.05) is 6.26 Å². The molecule has 90 valence electrons. The molecule has 18 heavy (non-hydrogen) atoms. The van der Waals surface area contributed by atoms with E-state index in [1.54, 1.807) is 0 Å². The van der Waals surface area contributed by atoms with Gasteiger partial charge in [0, 0.05) is 5.39 Å². The zero-order chi connectivity index (χ0) is 12.7. The molecule has 6 heteroatoms. The minimum atomic E-state index is -0.251. The molecule has 0 fully saturated rings. The first-order valence-electron chi connectivity index (χ1n) is 5.40. The first-order chi connectivity index (χ1) is 8.69. The summed E-state index contributed by atoms with van der Waals surface area (Å²) in [6.45, 7) is 1.99. The smallest absolute Gasteiger partial charge is 0.280 e. The molecule has 2 aromatic heterocycles. The number of hydrogen-bond donors (Lipinski definition) is 1. The van der Waals surface area contributed by atoms with E-state index in [4.69, 9.17) is 0 Å². The van der Waals surface area contributed by atoms with Crippen LogP contribution < -0.4 is 5.56 Å². The standard InChI is InChI=1S/C12H10N4OS/c1-6-3-4-7-8(5-6)15-16-10-9(7)13-12(18-2)14-11(10)17/h3-5H,1-2H3,(H,13,14,17). The van der Waals surface area contributed by atoms with E-state index in [-0.39, 0.29) is 11.1 Å². The average molecular weight is 258 g/mol. The van der Waals surface area contributed by atoms with E-state index in [9.17, 15) is 4.79 Å². The van der Waals surface area contributed by atoms with Gasteiger partial charge in [0.1, 0.15) is 5.52 Å². The van der Waals surface area contributed by atoms with Crippen LogP contribution in [-0.4, -0.2) is 26.4 Å². The Morgan fingerprint density at radius 3 is 2.83 bits per heavy atom. The Balaban J connectivity index is 2.52. The lowest BCUT2D eigenvalue weighted by Gasteiger charge is -2.03. The number of aromatic amines is 1. The first-order valence-corrected chi connectivity index (χ1v) is 6.62. The SMILES string of the molecule is CSc1nc2c(nnc3cc(C)ccc32)c(=O)[nH]1. The fourth-order valence-electron chi connectivity index (χ4n) is 1.85. The van der Waals surface area contributed by atoms with E-state index in [2.05, 4.69) is 20.2 Å². The Morgan fingerprint density at radius 2 is 2.06 bits per heavy atom. The molecule has 0 atom stereocenters. The van der Waals surface area contributed by atoms with Crippen molar-refractivity contribution in [3.8, 4) is 0 Å². The summed E-state index contributed by atoms with van der Waals surface area (Å²) in [5, 5.41) is 9.47. The van der Waals surface area contributed by atoms with E-state index in [0.29, 0.717) is 10.7 Å². The molecule has 5 nitrogen and oxygen atoms in total. The van der Waals surface area contributed by atoms with Crippen molar-refractivity contribution in [1.82, 2.24) is 20.2 Å². The molecule has 1 N–H and O–H groups in total. The van der Waals surface area contributed by atoms with E-state index in [0.717, 1.165) is 16.5 Å². The summed E-state index contributed by atoms with van der Waals surface area (Å²) in [6, 6.07) is 5.84. The van der Waals surface area contributed by atoms with Crippen LogP contribution in [0.25, 0.3) is 21.9 Å². The fraction of sp³-hybridized carbons (Fsp3) is 0.167. The van der Waals surface area contributed by atoms with Crippen LogP contribution >= 0.6 is 11.8 Å². The molecular weight excluding hydrogens is 248 g/mol. The van der Waals surface area contributed by atoms with Crippen molar-refractivity contribution in [1.29, 1.82) is 0 Å². The molecule has 0 unspecified atom stereocenters. The highest BCUT2D eigenvalue weighted by atomic mass is 32.2. The van der Waals surface area contributed by atoms with Gasteiger partial charge in [-0.1, -0.05) is 23.9 Å². The average Bonchev–Trinajstić information content (AvgIpc) is 2.37. The van der Waals surface area contributed by atoms with Gasteiger partial charge in [0.05, 0.1) is 5.52 Å². The third-order valence-corrected chi connectivity index (χ3v) is 3.31. The Bertz CT molecular complexity index is 812. The number of thioether (sulfide) groups is 1. The van der Waals surface area contributed by atoms with E-state index < -0.39 is 0 Å². The van der Waals surface area contributed by atoms with Crippen molar-refractivity contribution in [3.63, 3.8) is 0 Å². The van der Waals surface area contributed by atoms with Gasteiger partial charge in [-0.2, -0.15) is 0 Å². The highest BCUT2D eigenvalue weighted by molar-refractivity contribution is 7.98. The lowest BCUT2D eigenvalue weighted by Crippen LogP contribution is -2.11. The van der Waals surface area contributed by atoms with Gasteiger partial charge in [-0.15, -0.1) is 10.2 Å². The summed E-state index contributed by atoms with van der Waals surface area (Å²) in [5.41, 5.74) is 2.50. The van der Waals surface area contributed by atoms with Gasteiger partial charge in [-0.05, 0) is 24.8 Å². The second-order valence-electron chi connectivity index (χ2n) is 3.99. The van der Waals surface area contributed by atoms with E-state index >= 15 is 0 Å². The Hall–Kier alpha value is -1.95. The van der Waals surface area contributed by atoms with Crippen LogP contribution in [0.1, 0.15) is 5.56 Å². The second kappa shape index (κ2) is 4.06. The van der Waals surface area contributed by atoms with Gasteiger partial charge in [-0.25, -0.2) is 4.98 Å². The molecule has 0 saturated heterocycles. The number of fused-ring (bicyclic) bond motifs is 3. The summed E-state index contributed by atoms with van der Waals surface area (Å²) in [4.78, 5) is 18.9. The maximum Gasteiger partial charge on any atom is 0.280 e. The van der Waals surface area contributed by atoms with Crippen molar-refractivity contribution >= 4 is 33.7 Å². The molecule has 0 bridgehead atoms. The zero-order valence-electron chi connectivity index (χ0n) is 9.89. The summed E-state index contributed by atoms with van der Waals surface area (Å²) in [7, 11) is 0. The van der Waals surface area contributed by atoms with Crippen LogP contribution in [0.15, 0.2) is 28.2 Å². The highest BCUT2D eigenvalue weighted by Crippen LogP contribution is 2.20. The van der Waals surface area contributed by atoms with Gasteiger partial charge in [0.15, 0.2) is 10.7 Å². The molecule has 0 amide bonds. The molecule has 1 aromatic carbocycles. The number of rotatable bonds is 1. The lowest BCUT2D eigenvalue weighted by atomic mass is 10.1. The monoisotopic (exact) mass is 258 g/mol. The molecule has 0 aliphatic heterocycles. The summed E-state index contributed by atoms with van der Waals surface area (Å²) < 4.78 is 0. The molecule has 2 heterocycles. The van der Waals surface area contributed by atoms with Crippen LogP contribution in [0.4, 0.5) is 0 Å². The molecule has 0 saturated carbocycles. The number of aromatic nitrogens is 4. The predicted octanol–water partition coefficient (Wildman–Crippen LogP) is 1.90. The van der Waals surface area contributed by atoms with Crippen LogP contribution in [0.5, 0.6) is 0 Å². The minimum absolute atomic E-state index is 0.251. The third kappa shape index (κ3) is 1.65. The van der Waals surface area contributed by atoms with E-state index in [1.165, 1.54) is 11.8 Å². The molecule has 0 radical (unpaired) electrons. The summed E-state index contributed by atoms with van der Waals surface area (Å²) in [5.74, 6) is 0. The maximum atomic E-state index is 11.9. The van der Waals surface area contributed by atoms with Gasteiger partial charge in [-0.3, -0.25) is 9.78 Å². The Kier molecular flexibility index (Phi) is 2.52. The largest absolute Gasteiger partial charge is 0.300 e. The van der Waals surface area contributed by atoms with Crippen LogP contribution in [0.2, 0.25) is 0 Å². The number of nitrogens with one attached hydrogen (secondary N) is 1. The van der Waals surface area contributed by atoms with Crippen LogP contribution in [-0.2, 0) is 0 Å². The quantitative estimate of drug-likeness (QED) is 0.410. The lowest BCUT2D eigenvalue weighted by molar-refractivity contribution is 0.959. The van der Waals surface area contributed by atoms with Crippen LogP contribution in [0, 0.1) is 6.92 Å². The fourth-order valence-corrected chi connectivity index (χ4v) is 2.23. The topological polar surface area (TPSA) is 71.5 Å². The molecule has 0 spiro atoms. The molecule has 3 rings (SSSR count). The second-order valence-corrected chi connectivity index (χ2v) is 4.79. The summed E-state index contributed by atoms with van der Waals surface area (Å²) >= 11 is 1.39. The molecule has 0 aliphatic carbocycles. The number of benzene rings is 1. The van der Waals surface area contributed by atoms with Gasteiger partial charge in [0.2, 0.25) is 0 Å². The Morgan fingerprint density at radius 1 is 1.22 bits per heavy atom. The zero-order valence-corrected chi connectivity index (χ0v) is 10.7. The number of nitrogens with zero attached hydrogens (tertiary/aromatic N) is 3. The molecule has 3 aromatic rings. The normalized spacial score (nSPS) is 11.2. The third-order valence-electron chi connectivity index (χ3n) is 2.73. The Labute approximate surface area is 107 Å². The van der Waals surface area contributed by atoms with Crippen molar-refractivity contribution in [3.05, 3.63) is 34.1 Å². The number of hydrogen-bond acceptors (Lipinski definition) is 5. The predicted molar refractivity (Wildman–Crippen MR) is 72.0 cm³/mol. The van der Waals surface area contributed by atoms with E-state index in [1.807, 2.05) is 31.4 Å². The van der Waals surface area contributed by atoms with Crippen molar-refractivity contribution < 1.29 is 0 Å². The van der Waals surface area contributed by atoms with Crippen LogP contribution in [0.3, 0.4) is 0 Å². The maximum absolute atomic E-state index is 11.9. The van der Waals surface area contributed by atoms with Gasteiger partial charge >= 0.3 is 0 Å². The molecular formula is C12H10N4OS.